The molecular formula is C10H14Br2CuO6. The summed E-state index contributed by atoms with van der Waals surface area (Å²) in [6.45, 7) is 2.64. The monoisotopic (exact) mass is 451 g/mol. The molecule has 2 N–H and O–H groups in total. The number of allylic oxidation sites excluding steroid dienone is 2. The van der Waals surface area contributed by atoms with Crippen molar-refractivity contribution in [1.82, 2.24) is 0 Å². The van der Waals surface area contributed by atoms with E-state index in [-0.39, 0.29) is 49.5 Å². The minimum Gasteiger partial charge on any atom is -0.480 e. The van der Waals surface area contributed by atoms with Crippen molar-refractivity contribution in [3.8, 4) is 0 Å². The summed E-state index contributed by atoms with van der Waals surface area (Å²) in [5.74, 6) is -1.31. The Bertz CT molecular complexity index is 342. The van der Waals surface area contributed by atoms with Crippen LogP contribution in [-0.4, -0.2) is 36.0 Å². The van der Waals surface area contributed by atoms with Gasteiger partial charge in [-0.1, -0.05) is 0 Å². The van der Waals surface area contributed by atoms with Crippen LogP contribution >= 0.6 is 31.9 Å². The van der Waals surface area contributed by atoms with Gasteiger partial charge < -0.3 is 19.7 Å². The number of methoxy groups -OCH3 is 2. The van der Waals surface area contributed by atoms with Crippen molar-refractivity contribution in [2.75, 3.05) is 14.2 Å². The molecule has 0 spiro atoms. The Balaban J connectivity index is -0.000000256. The number of aliphatic hydroxyl groups excluding tert-OH is 2. The first-order valence-electron chi connectivity index (χ1n) is 4.46. The zero-order valence-electron chi connectivity index (χ0n) is 10.6. The molecule has 1 radical (unpaired) electrons. The zero-order chi connectivity index (χ0) is 14.9. The van der Waals surface area contributed by atoms with E-state index in [1.165, 1.54) is 28.1 Å². The molecule has 0 saturated heterocycles. The molecule has 0 atom stereocenters. The molecule has 0 aliphatic rings. The Kier molecular flexibility index (Phi) is 15.6. The van der Waals surface area contributed by atoms with Gasteiger partial charge in [-0.3, -0.25) is 9.59 Å². The molecule has 0 rings (SSSR count). The Morgan fingerprint density at radius 2 is 1.05 bits per heavy atom. The Labute approximate surface area is 138 Å². The molecule has 19 heavy (non-hydrogen) atoms. The number of hydrogen-bond acceptors (Lipinski definition) is 6. The predicted molar refractivity (Wildman–Crippen MR) is 72.5 cm³/mol. The molecule has 9 heteroatoms. The topological polar surface area (TPSA) is 93.1 Å². The van der Waals surface area contributed by atoms with Gasteiger partial charge in [-0.05, 0) is 45.7 Å². The van der Waals surface area contributed by atoms with E-state index in [0.717, 1.165) is 0 Å². The molecule has 6 nitrogen and oxygen atoms in total. The number of hydrogen-bond donors (Lipinski definition) is 2. The molecule has 115 valence electrons. The van der Waals surface area contributed by atoms with Gasteiger partial charge in [0.25, 0.3) is 11.9 Å². The van der Waals surface area contributed by atoms with Crippen molar-refractivity contribution in [2.45, 2.75) is 13.8 Å². The maximum Gasteiger partial charge on any atom is 0.294 e. The van der Waals surface area contributed by atoms with Crippen LogP contribution in [0.5, 0.6) is 0 Å². The number of carbonyl (C=O) groups is 2. The quantitative estimate of drug-likeness (QED) is 0.386. The first-order chi connectivity index (χ1) is 8.18. The van der Waals surface area contributed by atoms with Gasteiger partial charge in [-0.2, -0.15) is 0 Å². The Morgan fingerprint density at radius 3 is 1.11 bits per heavy atom. The van der Waals surface area contributed by atoms with Crippen LogP contribution in [0, 0.1) is 0 Å². The van der Waals surface area contributed by atoms with Gasteiger partial charge in [0.15, 0.2) is 11.6 Å². The van der Waals surface area contributed by atoms with Crippen molar-refractivity contribution in [1.29, 1.82) is 0 Å². The fourth-order valence-electron chi connectivity index (χ4n) is 0.480. The fraction of sp³-hybridized carbons (Fsp3) is 0.400. The standard InChI is InChI=1S/2C5H7BrO3.Cu/c2*1-3(7)4(6)5(8)9-2;/h2*8H,1-2H3;/b2*5-4-;. The minimum atomic E-state index is -0.387. The van der Waals surface area contributed by atoms with Crippen LogP contribution in [0.4, 0.5) is 0 Å². The summed E-state index contributed by atoms with van der Waals surface area (Å²) in [7, 11) is 2.55. The summed E-state index contributed by atoms with van der Waals surface area (Å²) in [5, 5.41) is 17.4. The minimum absolute atomic E-state index is 0. The number of Topliss-reactive ketones (excluding diaryl/α,β-unsaturated/α-hetero) is 2. The average molecular weight is 454 g/mol. The third kappa shape index (κ3) is 11.1. The van der Waals surface area contributed by atoms with Gasteiger partial charge in [-0.15, -0.1) is 0 Å². The third-order valence-electron chi connectivity index (χ3n) is 1.38. The van der Waals surface area contributed by atoms with Gasteiger partial charge in [0.2, 0.25) is 0 Å². The molecule has 0 heterocycles. The normalized spacial score (nSPS) is 11.7. The van der Waals surface area contributed by atoms with Crippen LogP contribution in [0.25, 0.3) is 0 Å². The molecule has 0 aliphatic carbocycles. The van der Waals surface area contributed by atoms with Crippen molar-refractivity contribution in [3.05, 3.63) is 20.9 Å². The summed E-state index contributed by atoms with van der Waals surface area (Å²) in [6, 6.07) is 0. The first kappa shape index (κ1) is 23.6. The SMILES string of the molecule is CO/C(O)=C(\Br)C(C)=O.CO/C(O)=C(\Br)C(C)=O.[Cu]. The number of ketones is 2. The van der Waals surface area contributed by atoms with E-state index >= 15 is 0 Å². The van der Waals surface area contributed by atoms with E-state index in [2.05, 4.69) is 41.3 Å². The van der Waals surface area contributed by atoms with Gasteiger partial charge in [0.05, 0.1) is 14.2 Å². The molecule has 0 fully saturated rings. The van der Waals surface area contributed by atoms with Crippen LogP contribution in [0.3, 0.4) is 0 Å². The van der Waals surface area contributed by atoms with Gasteiger partial charge in [0.1, 0.15) is 8.96 Å². The molecule has 0 aliphatic heterocycles. The van der Waals surface area contributed by atoms with Gasteiger partial charge in [0, 0.05) is 17.1 Å². The van der Waals surface area contributed by atoms with E-state index in [1.54, 1.807) is 0 Å². The van der Waals surface area contributed by atoms with Crippen LogP contribution < -0.4 is 0 Å². The zero-order valence-corrected chi connectivity index (χ0v) is 14.7. The second kappa shape index (κ2) is 12.5. The van der Waals surface area contributed by atoms with E-state index in [1.807, 2.05) is 0 Å². The molecule has 0 aromatic carbocycles. The third-order valence-corrected chi connectivity index (χ3v) is 3.18. The number of aliphatic hydroxyl groups is 2. The Morgan fingerprint density at radius 1 is 0.842 bits per heavy atom. The predicted octanol–water partition coefficient (Wildman–Crippen LogP) is 2.69. The number of rotatable bonds is 4. The summed E-state index contributed by atoms with van der Waals surface area (Å²) < 4.78 is 8.80. The van der Waals surface area contributed by atoms with Gasteiger partial charge >= 0.3 is 0 Å². The van der Waals surface area contributed by atoms with Crippen LogP contribution in [0.2, 0.25) is 0 Å². The number of carbonyl (C=O) groups excluding carboxylic acids is 2. The maximum atomic E-state index is 10.4. The van der Waals surface area contributed by atoms with E-state index in [0.29, 0.717) is 0 Å². The van der Waals surface area contributed by atoms with E-state index < -0.39 is 0 Å². The molecule has 0 aromatic rings. The largest absolute Gasteiger partial charge is 0.480 e. The van der Waals surface area contributed by atoms with Crippen molar-refractivity contribution >= 4 is 43.4 Å². The fourth-order valence-corrected chi connectivity index (χ4v) is 0.804. The van der Waals surface area contributed by atoms with Crippen molar-refractivity contribution in [2.24, 2.45) is 0 Å². The molecule has 0 unspecified atom stereocenters. The van der Waals surface area contributed by atoms with Crippen LogP contribution in [0.15, 0.2) is 20.9 Å². The van der Waals surface area contributed by atoms with Crippen LogP contribution in [-0.2, 0) is 36.1 Å². The molecular weight excluding hydrogens is 439 g/mol. The Hall–Kier alpha value is -0.501. The summed E-state index contributed by atoms with van der Waals surface area (Å²) in [4.78, 5) is 20.8. The van der Waals surface area contributed by atoms with E-state index in [9.17, 15) is 9.59 Å². The second-order valence-electron chi connectivity index (χ2n) is 2.76. The smallest absolute Gasteiger partial charge is 0.294 e. The number of halogens is 2. The van der Waals surface area contributed by atoms with Gasteiger partial charge in [-0.25, -0.2) is 0 Å². The molecule has 0 saturated carbocycles. The molecule has 0 aromatic heterocycles. The summed E-state index contributed by atoms with van der Waals surface area (Å²) in [6.07, 6.45) is 0. The van der Waals surface area contributed by atoms with Crippen molar-refractivity contribution in [3.63, 3.8) is 0 Å². The second-order valence-corrected chi connectivity index (χ2v) is 4.34. The van der Waals surface area contributed by atoms with Crippen LogP contribution in [0.1, 0.15) is 13.8 Å². The molecule has 0 amide bonds. The molecule has 0 bridgehead atoms. The number of ether oxygens (including phenoxy) is 2. The van der Waals surface area contributed by atoms with Crippen molar-refractivity contribution < 1.29 is 46.3 Å². The summed E-state index contributed by atoms with van der Waals surface area (Å²) in [5.41, 5.74) is 0. The van der Waals surface area contributed by atoms with E-state index in [4.69, 9.17) is 10.2 Å². The average Bonchev–Trinajstić information content (AvgIpc) is 2.35. The maximum absolute atomic E-state index is 10.4. The summed E-state index contributed by atoms with van der Waals surface area (Å²) >= 11 is 5.65. The first-order valence-corrected chi connectivity index (χ1v) is 6.04.